The van der Waals surface area contributed by atoms with Crippen molar-refractivity contribution in [2.24, 2.45) is 5.10 Å². The van der Waals surface area contributed by atoms with Gasteiger partial charge in [-0.3, -0.25) is 14.9 Å². The minimum absolute atomic E-state index is 0.0838. The summed E-state index contributed by atoms with van der Waals surface area (Å²) in [7, 11) is 0. The number of benzene rings is 3. The molecule has 0 aliphatic carbocycles. The average molecular weight is 480 g/mol. The van der Waals surface area contributed by atoms with E-state index in [9.17, 15) is 19.7 Å². The fourth-order valence-corrected chi connectivity index (χ4v) is 4.34. The van der Waals surface area contributed by atoms with Gasteiger partial charge in [0.25, 0.3) is 11.6 Å². The first-order valence-corrected chi connectivity index (χ1v) is 10.7. The van der Waals surface area contributed by atoms with Crippen LogP contribution in [0.1, 0.15) is 25.6 Å². The van der Waals surface area contributed by atoms with Gasteiger partial charge in [-0.05, 0) is 24.3 Å². The topological polar surface area (TPSA) is 111 Å². The number of nitrogens with one attached hydrogen (secondary N) is 1. The second-order valence-corrected chi connectivity index (χ2v) is 8.11. The van der Waals surface area contributed by atoms with Crippen molar-refractivity contribution in [3.05, 3.63) is 104 Å². The molecule has 164 valence electrons. The molecule has 1 aromatic heterocycles. The normalized spacial score (nSPS) is 10.9. The molecule has 33 heavy (non-hydrogen) atoms. The van der Waals surface area contributed by atoms with Crippen LogP contribution in [0.2, 0.25) is 5.02 Å². The molecule has 1 N–H and O–H groups in total. The van der Waals surface area contributed by atoms with E-state index in [4.69, 9.17) is 16.3 Å². The summed E-state index contributed by atoms with van der Waals surface area (Å²) in [6, 6.07) is 19.3. The van der Waals surface area contributed by atoms with Gasteiger partial charge in [-0.2, -0.15) is 5.10 Å². The lowest BCUT2D eigenvalue weighted by Crippen LogP contribution is -2.17. The van der Waals surface area contributed by atoms with Gasteiger partial charge in [-0.25, -0.2) is 10.2 Å². The number of hydrogen-bond acceptors (Lipinski definition) is 7. The van der Waals surface area contributed by atoms with Gasteiger partial charge in [0.1, 0.15) is 10.6 Å². The number of fused-ring (bicyclic) bond motifs is 1. The SMILES string of the molecule is O=C(N/N=C\c1ccccc1OC(=O)c1sc2ccccc2c1Cl)c1cccc([N+](=O)[O-])c1. The third kappa shape index (κ3) is 4.89. The zero-order valence-electron chi connectivity index (χ0n) is 16.7. The first-order chi connectivity index (χ1) is 15.9. The fraction of sp³-hybridized carbons (Fsp3) is 0. The summed E-state index contributed by atoms with van der Waals surface area (Å²) < 4.78 is 6.40. The van der Waals surface area contributed by atoms with E-state index in [-0.39, 0.29) is 21.9 Å². The lowest BCUT2D eigenvalue weighted by Gasteiger charge is -2.06. The quantitative estimate of drug-likeness (QED) is 0.130. The Kier molecular flexibility index (Phi) is 6.43. The second kappa shape index (κ2) is 9.60. The zero-order chi connectivity index (χ0) is 23.4. The molecule has 0 saturated carbocycles. The van der Waals surface area contributed by atoms with E-state index in [0.29, 0.717) is 10.6 Å². The number of non-ortho nitro benzene ring substituents is 1. The summed E-state index contributed by atoms with van der Waals surface area (Å²) in [5.41, 5.74) is 2.61. The maximum absolute atomic E-state index is 12.7. The molecule has 0 atom stereocenters. The van der Waals surface area contributed by atoms with Crippen LogP contribution in [0.4, 0.5) is 5.69 Å². The van der Waals surface area contributed by atoms with Crippen molar-refractivity contribution in [1.29, 1.82) is 0 Å². The van der Waals surface area contributed by atoms with E-state index in [1.54, 1.807) is 24.3 Å². The molecule has 1 amide bonds. The minimum Gasteiger partial charge on any atom is -0.422 e. The molecule has 8 nitrogen and oxygen atoms in total. The Labute approximate surface area is 196 Å². The van der Waals surface area contributed by atoms with Crippen LogP contribution in [-0.4, -0.2) is 23.0 Å². The van der Waals surface area contributed by atoms with Gasteiger partial charge in [0, 0.05) is 33.3 Å². The van der Waals surface area contributed by atoms with E-state index in [1.165, 1.54) is 35.8 Å². The first kappa shape index (κ1) is 22.1. The molecule has 0 fully saturated rings. The number of hydrogen-bond donors (Lipinski definition) is 1. The van der Waals surface area contributed by atoms with Crippen molar-refractivity contribution in [3.8, 4) is 5.75 Å². The molecule has 0 radical (unpaired) electrons. The number of rotatable bonds is 6. The number of carbonyl (C=O) groups is 2. The Morgan fingerprint density at radius 2 is 1.82 bits per heavy atom. The van der Waals surface area contributed by atoms with Gasteiger partial charge in [-0.1, -0.05) is 48.0 Å². The molecule has 0 saturated heterocycles. The fourth-order valence-electron chi connectivity index (χ4n) is 2.96. The number of para-hydroxylation sites is 1. The highest BCUT2D eigenvalue weighted by Crippen LogP contribution is 2.36. The second-order valence-electron chi connectivity index (χ2n) is 6.68. The van der Waals surface area contributed by atoms with Crippen LogP contribution in [0, 0.1) is 10.1 Å². The predicted octanol–water partition coefficient (Wildman–Crippen LogP) is 5.45. The van der Waals surface area contributed by atoms with Crippen LogP contribution in [0.5, 0.6) is 5.75 Å². The summed E-state index contributed by atoms with van der Waals surface area (Å²) in [6.07, 6.45) is 1.31. The number of ether oxygens (including phenoxy) is 1. The Morgan fingerprint density at radius 1 is 1.06 bits per heavy atom. The monoisotopic (exact) mass is 479 g/mol. The van der Waals surface area contributed by atoms with Crippen LogP contribution < -0.4 is 10.2 Å². The molecule has 0 aliphatic heterocycles. The van der Waals surface area contributed by atoms with Crippen molar-refractivity contribution in [3.63, 3.8) is 0 Å². The summed E-state index contributed by atoms with van der Waals surface area (Å²) in [5, 5.41) is 15.8. The number of hydrazone groups is 1. The maximum atomic E-state index is 12.7. The average Bonchev–Trinajstić information content (AvgIpc) is 3.17. The van der Waals surface area contributed by atoms with Gasteiger partial charge in [-0.15, -0.1) is 11.3 Å². The van der Waals surface area contributed by atoms with E-state index < -0.39 is 16.8 Å². The third-order valence-corrected chi connectivity index (χ3v) is 6.19. The summed E-state index contributed by atoms with van der Waals surface area (Å²) in [4.78, 5) is 35.5. The number of nitrogens with zero attached hydrogens (tertiary/aromatic N) is 2. The molecule has 0 unspecified atom stereocenters. The Hall–Kier alpha value is -4.08. The van der Waals surface area contributed by atoms with Crippen molar-refractivity contribution in [2.75, 3.05) is 0 Å². The van der Waals surface area contributed by atoms with Crippen molar-refractivity contribution < 1.29 is 19.2 Å². The molecule has 0 bridgehead atoms. The number of amides is 1. The van der Waals surface area contributed by atoms with Gasteiger partial charge in [0.05, 0.1) is 16.2 Å². The van der Waals surface area contributed by atoms with Crippen LogP contribution in [0.3, 0.4) is 0 Å². The van der Waals surface area contributed by atoms with Crippen LogP contribution in [0.25, 0.3) is 10.1 Å². The highest BCUT2D eigenvalue weighted by atomic mass is 35.5. The van der Waals surface area contributed by atoms with Gasteiger partial charge < -0.3 is 4.74 Å². The number of nitro groups is 1. The third-order valence-electron chi connectivity index (χ3n) is 4.53. The van der Waals surface area contributed by atoms with E-state index >= 15 is 0 Å². The van der Waals surface area contributed by atoms with Crippen LogP contribution in [-0.2, 0) is 0 Å². The smallest absolute Gasteiger partial charge is 0.355 e. The first-order valence-electron chi connectivity index (χ1n) is 9.50. The van der Waals surface area contributed by atoms with Gasteiger partial charge in [0.15, 0.2) is 0 Å². The van der Waals surface area contributed by atoms with Gasteiger partial charge in [0.2, 0.25) is 0 Å². The zero-order valence-corrected chi connectivity index (χ0v) is 18.3. The van der Waals surface area contributed by atoms with E-state index in [2.05, 4.69) is 10.5 Å². The molecule has 4 rings (SSSR count). The molecule has 3 aromatic carbocycles. The largest absolute Gasteiger partial charge is 0.422 e. The molecule has 0 aliphatic rings. The van der Waals surface area contributed by atoms with Crippen LogP contribution >= 0.6 is 22.9 Å². The minimum atomic E-state index is -0.624. The van der Waals surface area contributed by atoms with Crippen LogP contribution in [0.15, 0.2) is 77.9 Å². The molecular formula is C23H14ClN3O5S. The maximum Gasteiger partial charge on any atom is 0.355 e. The summed E-state index contributed by atoms with van der Waals surface area (Å²) >= 11 is 7.59. The van der Waals surface area contributed by atoms with E-state index in [0.717, 1.165) is 16.2 Å². The molecule has 1 heterocycles. The standard InChI is InChI=1S/C23H14ClN3O5S/c24-20-17-9-2-4-11-19(17)33-21(20)23(29)32-18-10-3-1-6-15(18)13-25-26-22(28)14-7-5-8-16(12-14)27(30)31/h1-13H,(H,26,28)/b25-13-. The predicted molar refractivity (Wildman–Crippen MR) is 126 cm³/mol. The molecular weight excluding hydrogens is 466 g/mol. The van der Waals surface area contributed by atoms with Gasteiger partial charge >= 0.3 is 5.97 Å². The number of nitro benzene ring substituents is 1. The molecule has 10 heteroatoms. The lowest BCUT2D eigenvalue weighted by atomic mass is 10.2. The number of carbonyl (C=O) groups excluding carboxylic acids is 2. The molecule has 0 spiro atoms. The lowest BCUT2D eigenvalue weighted by molar-refractivity contribution is -0.384. The van der Waals surface area contributed by atoms with E-state index in [1.807, 2.05) is 24.3 Å². The number of halogens is 1. The Balaban J connectivity index is 1.49. The molecule has 4 aromatic rings. The summed E-state index contributed by atoms with van der Waals surface area (Å²) in [6.45, 7) is 0. The van der Waals surface area contributed by atoms with Crippen molar-refractivity contribution in [2.45, 2.75) is 0 Å². The number of thiophene rings is 1. The summed E-state index contributed by atoms with van der Waals surface area (Å²) in [5.74, 6) is -1.01. The number of esters is 1. The Bertz CT molecular complexity index is 1420. The highest BCUT2D eigenvalue weighted by molar-refractivity contribution is 7.21. The Morgan fingerprint density at radius 3 is 2.61 bits per heavy atom. The van der Waals surface area contributed by atoms with Crippen molar-refractivity contribution in [1.82, 2.24) is 5.43 Å². The van der Waals surface area contributed by atoms with Crippen molar-refractivity contribution >= 4 is 56.8 Å². The highest BCUT2D eigenvalue weighted by Gasteiger charge is 2.19.